The molecule has 0 radical (unpaired) electrons. The van der Waals surface area contributed by atoms with E-state index in [0.29, 0.717) is 12.2 Å². The minimum Gasteiger partial charge on any atom is -0.368 e. The van der Waals surface area contributed by atoms with Gasteiger partial charge in [0.25, 0.3) is 0 Å². The molecule has 0 bridgehead atoms. The smallest absolute Gasteiger partial charge is 0.150 e. The second-order valence-electron chi connectivity index (χ2n) is 5.16. The van der Waals surface area contributed by atoms with Gasteiger partial charge in [0.1, 0.15) is 0 Å². The summed E-state index contributed by atoms with van der Waals surface area (Å²) in [6.45, 7) is 6.57. The van der Waals surface area contributed by atoms with Gasteiger partial charge in [-0.25, -0.2) is 0 Å². The predicted molar refractivity (Wildman–Crippen MR) is 85.7 cm³/mol. The SMILES string of the molecule is C=C(C)C1C=C(Br)C(C=O)=CC1OCC1=CCCC=C1. The van der Waals surface area contributed by atoms with Gasteiger partial charge in [0.15, 0.2) is 6.29 Å². The molecule has 2 unspecified atom stereocenters. The van der Waals surface area contributed by atoms with Crippen molar-refractivity contribution in [3.05, 3.63) is 58.2 Å². The average molecular weight is 335 g/mol. The summed E-state index contributed by atoms with van der Waals surface area (Å²) in [6.07, 6.45) is 13.3. The van der Waals surface area contributed by atoms with Crippen molar-refractivity contribution in [3.8, 4) is 0 Å². The van der Waals surface area contributed by atoms with Gasteiger partial charge in [-0.2, -0.15) is 0 Å². The van der Waals surface area contributed by atoms with E-state index in [1.807, 2.05) is 19.1 Å². The van der Waals surface area contributed by atoms with E-state index < -0.39 is 0 Å². The first-order valence-electron chi connectivity index (χ1n) is 6.79. The van der Waals surface area contributed by atoms with Crippen LogP contribution in [-0.4, -0.2) is 19.0 Å². The quantitative estimate of drug-likeness (QED) is 0.554. The second kappa shape index (κ2) is 7.00. The number of hydrogen-bond donors (Lipinski definition) is 0. The average Bonchev–Trinajstić information content (AvgIpc) is 2.46. The van der Waals surface area contributed by atoms with E-state index in [1.54, 1.807) is 0 Å². The van der Waals surface area contributed by atoms with E-state index in [0.717, 1.165) is 29.2 Å². The summed E-state index contributed by atoms with van der Waals surface area (Å²) in [7, 11) is 0. The summed E-state index contributed by atoms with van der Waals surface area (Å²) in [4.78, 5) is 11.1. The van der Waals surface area contributed by atoms with E-state index in [-0.39, 0.29) is 12.0 Å². The summed E-state index contributed by atoms with van der Waals surface area (Å²) in [5, 5.41) is 0. The minimum absolute atomic E-state index is 0.0984. The number of ether oxygens (including phenoxy) is 1. The van der Waals surface area contributed by atoms with Crippen LogP contribution in [0.1, 0.15) is 19.8 Å². The van der Waals surface area contributed by atoms with Crippen molar-refractivity contribution in [3.63, 3.8) is 0 Å². The molecule has 2 nitrogen and oxygen atoms in total. The van der Waals surface area contributed by atoms with Crippen LogP contribution in [0, 0.1) is 5.92 Å². The third-order valence-corrected chi connectivity index (χ3v) is 4.23. The maximum atomic E-state index is 11.1. The van der Waals surface area contributed by atoms with Crippen molar-refractivity contribution in [2.45, 2.75) is 25.9 Å². The Bertz CT molecular complexity index is 523. The second-order valence-corrected chi connectivity index (χ2v) is 6.02. The third-order valence-electron chi connectivity index (χ3n) is 3.51. The van der Waals surface area contributed by atoms with E-state index in [4.69, 9.17) is 4.74 Å². The fourth-order valence-corrected chi connectivity index (χ4v) is 2.86. The van der Waals surface area contributed by atoms with Crippen molar-refractivity contribution in [2.24, 2.45) is 5.92 Å². The molecule has 2 aliphatic rings. The number of halogens is 1. The molecule has 0 spiro atoms. The molecule has 0 fully saturated rings. The number of aldehydes is 1. The van der Waals surface area contributed by atoms with Crippen LogP contribution in [0.2, 0.25) is 0 Å². The van der Waals surface area contributed by atoms with Crippen molar-refractivity contribution in [2.75, 3.05) is 6.61 Å². The Morgan fingerprint density at radius 3 is 2.90 bits per heavy atom. The lowest BCUT2D eigenvalue weighted by Crippen LogP contribution is -2.26. The van der Waals surface area contributed by atoms with Gasteiger partial charge in [-0.3, -0.25) is 4.79 Å². The molecule has 0 heterocycles. The highest BCUT2D eigenvalue weighted by molar-refractivity contribution is 9.12. The molecule has 2 aliphatic carbocycles. The standard InChI is InChI=1S/C17H19BrO2/c1-12(2)15-9-16(18)14(10-19)8-17(15)20-11-13-6-4-3-5-7-13/h4,6-10,15,17H,1,3,5,11H2,2H3. The fraction of sp³-hybridized carbons (Fsp3) is 0.353. The molecule has 106 valence electrons. The Kier molecular flexibility index (Phi) is 5.32. The Morgan fingerprint density at radius 2 is 2.30 bits per heavy atom. The number of carbonyl (C=O) groups is 1. The molecule has 2 rings (SSSR count). The van der Waals surface area contributed by atoms with Gasteiger partial charge in [-0.1, -0.05) is 52.4 Å². The van der Waals surface area contributed by atoms with Crippen molar-refractivity contribution in [1.82, 2.24) is 0 Å². The molecular weight excluding hydrogens is 316 g/mol. The largest absolute Gasteiger partial charge is 0.368 e. The number of rotatable bonds is 5. The van der Waals surface area contributed by atoms with Crippen molar-refractivity contribution >= 4 is 22.2 Å². The zero-order valence-corrected chi connectivity index (χ0v) is 13.2. The number of hydrogen-bond acceptors (Lipinski definition) is 2. The first kappa shape index (κ1) is 15.2. The summed E-state index contributed by atoms with van der Waals surface area (Å²) >= 11 is 3.42. The maximum Gasteiger partial charge on any atom is 0.150 e. The van der Waals surface area contributed by atoms with E-state index in [9.17, 15) is 4.79 Å². The van der Waals surface area contributed by atoms with E-state index in [1.165, 1.54) is 5.57 Å². The Morgan fingerprint density at radius 1 is 1.50 bits per heavy atom. The van der Waals surface area contributed by atoms with Crippen molar-refractivity contribution in [1.29, 1.82) is 0 Å². The summed E-state index contributed by atoms with van der Waals surface area (Å²) < 4.78 is 6.81. The Balaban J connectivity index is 2.09. The van der Waals surface area contributed by atoms with E-state index in [2.05, 4.69) is 40.7 Å². The molecule has 0 amide bonds. The third kappa shape index (κ3) is 3.68. The summed E-state index contributed by atoms with van der Waals surface area (Å²) in [5.74, 6) is 0.0984. The highest BCUT2D eigenvalue weighted by Crippen LogP contribution is 2.32. The molecule has 0 aliphatic heterocycles. The first-order valence-corrected chi connectivity index (χ1v) is 7.58. The predicted octanol–water partition coefficient (Wildman–Crippen LogP) is 4.26. The minimum atomic E-state index is -0.134. The van der Waals surface area contributed by atoms with Crippen LogP contribution in [0.5, 0.6) is 0 Å². The Hall–Kier alpha value is -1.19. The zero-order chi connectivity index (χ0) is 14.5. The van der Waals surface area contributed by atoms with Gasteiger partial charge in [0, 0.05) is 16.0 Å². The molecule has 0 N–H and O–H groups in total. The van der Waals surface area contributed by atoms with Gasteiger partial charge in [0.2, 0.25) is 0 Å². The monoisotopic (exact) mass is 334 g/mol. The van der Waals surface area contributed by atoms with Gasteiger partial charge in [0.05, 0.1) is 12.7 Å². The lowest BCUT2D eigenvalue weighted by Gasteiger charge is -2.27. The fourth-order valence-electron chi connectivity index (χ4n) is 2.35. The van der Waals surface area contributed by atoms with Gasteiger partial charge in [-0.15, -0.1) is 0 Å². The molecule has 0 saturated heterocycles. The van der Waals surface area contributed by atoms with Crippen LogP contribution >= 0.6 is 15.9 Å². The van der Waals surface area contributed by atoms with Crippen LogP contribution in [0.25, 0.3) is 0 Å². The lowest BCUT2D eigenvalue weighted by molar-refractivity contribution is -0.104. The van der Waals surface area contributed by atoms with Crippen LogP contribution in [0.3, 0.4) is 0 Å². The van der Waals surface area contributed by atoms with Gasteiger partial charge < -0.3 is 4.74 Å². The van der Waals surface area contributed by atoms with Gasteiger partial charge in [-0.05, 0) is 31.4 Å². The van der Waals surface area contributed by atoms with Crippen LogP contribution in [0.15, 0.2) is 58.2 Å². The summed E-state index contributed by atoms with van der Waals surface area (Å²) in [5.41, 5.74) is 2.87. The first-order chi connectivity index (χ1) is 9.61. The highest BCUT2D eigenvalue weighted by Gasteiger charge is 2.25. The molecule has 3 heteroatoms. The number of allylic oxidation sites excluding steroid dienone is 4. The van der Waals surface area contributed by atoms with Crippen LogP contribution in [0.4, 0.5) is 0 Å². The van der Waals surface area contributed by atoms with Crippen LogP contribution < -0.4 is 0 Å². The molecule has 0 aromatic rings. The molecule has 0 aromatic heterocycles. The van der Waals surface area contributed by atoms with E-state index >= 15 is 0 Å². The Labute approximate surface area is 128 Å². The molecule has 20 heavy (non-hydrogen) atoms. The van der Waals surface area contributed by atoms with Crippen molar-refractivity contribution < 1.29 is 9.53 Å². The van der Waals surface area contributed by atoms with Crippen LogP contribution in [-0.2, 0) is 9.53 Å². The molecule has 0 saturated carbocycles. The lowest BCUT2D eigenvalue weighted by atomic mass is 9.89. The normalized spacial score (nSPS) is 25.6. The van der Waals surface area contributed by atoms with Gasteiger partial charge >= 0.3 is 0 Å². The zero-order valence-electron chi connectivity index (χ0n) is 11.6. The summed E-state index contributed by atoms with van der Waals surface area (Å²) in [6, 6.07) is 0. The topological polar surface area (TPSA) is 26.3 Å². The number of carbonyl (C=O) groups excluding carboxylic acids is 1. The molecular formula is C17H19BrO2. The molecule has 0 aromatic carbocycles. The maximum absolute atomic E-state index is 11.1. The highest BCUT2D eigenvalue weighted by atomic mass is 79.9. The molecule has 2 atom stereocenters.